The largest absolute Gasteiger partial charge is 0.507 e. The lowest BCUT2D eigenvalue weighted by atomic mass is 9.99. The Labute approximate surface area is 179 Å². The third-order valence-electron chi connectivity index (χ3n) is 5.11. The van der Waals surface area contributed by atoms with Gasteiger partial charge < -0.3 is 9.52 Å². The van der Waals surface area contributed by atoms with E-state index in [-0.39, 0.29) is 11.1 Å². The molecule has 1 fully saturated rings. The van der Waals surface area contributed by atoms with Gasteiger partial charge in [-0.2, -0.15) is 0 Å². The predicted molar refractivity (Wildman–Crippen MR) is 114 cm³/mol. The maximum atomic E-state index is 13.3. The topological polar surface area (TPSA) is 83.6 Å². The van der Waals surface area contributed by atoms with Crippen LogP contribution in [0.3, 0.4) is 0 Å². The average Bonchev–Trinajstić information content (AvgIpc) is 3.47. The minimum atomic E-state index is -0.998. The number of fused-ring (bicyclic) bond motifs is 1. The van der Waals surface area contributed by atoms with Crippen molar-refractivity contribution in [3.63, 3.8) is 0 Å². The van der Waals surface area contributed by atoms with Crippen molar-refractivity contribution in [1.29, 1.82) is 0 Å². The van der Waals surface area contributed by atoms with E-state index < -0.39 is 29.3 Å². The van der Waals surface area contributed by atoms with Crippen LogP contribution >= 0.6 is 11.3 Å². The summed E-state index contributed by atoms with van der Waals surface area (Å²) in [5.41, 5.74) is 1.82. The molecule has 1 aliphatic rings. The molecule has 3 heterocycles. The number of aromatic nitrogens is 1. The van der Waals surface area contributed by atoms with Crippen LogP contribution in [0.25, 0.3) is 16.0 Å². The molecule has 1 saturated heterocycles. The Morgan fingerprint density at radius 3 is 2.65 bits per heavy atom. The summed E-state index contributed by atoms with van der Waals surface area (Å²) in [5.74, 6) is -2.26. The fraction of sp³-hybridized carbons (Fsp3) is 0.0870. The molecule has 0 aliphatic carbocycles. The van der Waals surface area contributed by atoms with E-state index in [1.807, 2.05) is 25.1 Å². The molecule has 1 aliphatic heterocycles. The molecular formula is C23H15FN2O4S. The number of ketones is 1. The molecule has 6 nitrogen and oxygen atoms in total. The zero-order valence-corrected chi connectivity index (χ0v) is 17.0. The van der Waals surface area contributed by atoms with E-state index in [9.17, 15) is 19.1 Å². The molecule has 0 bridgehead atoms. The fourth-order valence-corrected chi connectivity index (χ4v) is 4.72. The number of thiazole rings is 1. The van der Waals surface area contributed by atoms with Crippen LogP contribution in [0.5, 0.6) is 0 Å². The monoisotopic (exact) mass is 434 g/mol. The van der Waals surface area contributed by atoms with E-state index in [1.165, 1.54) is 46.8 Å². The number of rotatable bonds is 3. The van der Waals surface area contributed by atoms with Gasteiger partial charge in [0.2, 0.25) is 0 Å². The zero-order chi connectivity index (χ0) is 21.7. The summed E-state index contributed by atoms with van der Waals surface area (Å²) in [6.07, 6.45) is 1.43. The van der Waals surface area contributed by atoms with Crippen LogP contribution in [-0.2, 0) is 9.59 Å². The van der Waals surface area contributed by atoms with Gasteiger partial charge >= 0.3 is 5.91 Å². The molecule has 0 spiro atoms. The highest BCUT2D eigenvalue weighted by atomic mass is 32.1. The molecule has 2 aromatic heterocycles. The fourth-order valence-electron chi connectivity index (χ4n) is 3.63. The Morgan fingerprint density at radius 2 is 1.94 bits per heavy atom. The maximum absolute atomic E-state index is 13.3. The first-order valence-electron chi connectivity index (χ1n) is 9.41. The van der Waals surface area contributed by atoms with Gasteiger partial charge in [-0.15, -0.1) is 0 Å². The minimum Gasteiger partial charge on any atom is -0.507 e. The molecule has 31 heavy (non-hydrogen) atoms. The Bertz CT molecular complexity index is 1360. The average molecular weight is 434 g/mol. The van der Waals surface area contributed by atoms with Crippen LogP contribution in [0, 0.1) is 12.7 Å². The highest BCUT2D eigenvalue weighted by Crippen LogP contribution is 2.44. The number of aryl methyl sites for hydroxylation is 1. The van der Waals surface area contributed by atoms with Gasteiger partial charge in [0, 0.05) is 5.56 Å². The van der Waals surface area contributed by atoms with Crippen molar-refractivity contribution in [2.45, 2.75) is 13.0 Å². The Morgan fingerprint density at radius 1 is 1.16 bits per heavy atom. The van der Waals surface area contributed by atoms with E-state index >= 15 is 0 Å². The van der Waals surface area contributed by atoms with Gasteiger partial charge in [-0.1, -0.05) is 17.4 Å². The van der Waals surface area contributed by atoms with Crippen molar-refractivity contribution in [3.8, 4) is 0 Å². The second kappa shape index (κ2) is 7.17. The number of nitrogens with zero attached hydrogens (tertiary/aromatic N) is 2. The van der Waals surface area contributed by atoms with Crippen LogP contribution in [0.1, 0.15) is 22.9 Å². The normalized spacial score (nSPS) is 18.3. The van der Waals surface area contributed by atoms with Gasteiger partial charge in [0.05, 0.1) is 22.1 Å². The molecule has 4 aromatic rings. The number of furan rings is 1. The van der Waals surface area contributed by atoms with Crippen LogP contribution in [-0.4, -0.2) is 21.8 Å². The molecule has 1 N–H and O–H groups in total. The SMILES string of the molecule is Cc1ccc2nc(N3C(=O)C(=O)/C(=C(/O)c4ccc(F)cc4)C3c3ccco3)sc2c1. The van der Waals surface area contributed by atoms with E-state index in [4.69, 9.17) is 4.42 Å². The van der Waals surface area contributed by atoms with Crippen molar-refractivity contribution < 1.29 is 23.5 Å². The summed E-state index contributed by atoms with van der Waals surface area (Å²) in [6, 6.07) is 13.0. The molecule has 1 amide bonds. The highest BCUT2D eigenvalue weighted by molar-refractivity contribution is 7.22. The number of carbonyl (C=O) groups excluding carboxylic acids is 2. The van der Waals surface area contributed by atoms with Crippen molar-refractivity contribution in [2.24, 2.45) is 0 Å². The molecule has 5 rings (SSSR count). The molecule has 0 radical (unpaired) electrons. The number of halogens is 1. The number of anilines is 1. The first-order valence-corrected chi connectivity index (χ1v) is 10.2. The van der Waals surface area contributed by atoms with Gasteiger partial charge in [0.15, 0.2) is 5.13 Å². The number of Topliss-reactive ketones (excluding diaryl/α,β-unsaturated/α-hetero) is 1. The molecule has 1 atom stereocenters. The number of benzene rings is 2. The standard InChI is InChI=1S/C23H15FN2O4S/c1-12-4-9-15-17(11-12)31-23(25-15)26-19(16-3-2-10-30-16)18(21(28)22(26)29)20(27)13-5-7-14(24)8-6-13/h2-11,19,27H,1H3/b20-18+. The number of amides is 1. The summed E-state index contributed by atoms with van der Waals surface area (Å²) >= 11 is 1.27. The molecule has 2 aromatic carbocycles. The number of aliphatic hydroxyl groups is 1. The number of hydrogen-bond acceptors (Lipinski definition) is 6. The molecule has 1 unspecified atom stereocenters. The lowest BCUT2D eigenvalue weighted by molar-refractivity contribution is -0.132. The van der Waals surface area contributed by atoms with Gasteiger partial charge in [0.1, 0.15) is 23.4 Å². The first kappa shape index (κ1) is 19.2. The summed E-state index contributed by atoms with van der Waals surface area (Å²) in [6.45, 7) is 1.95. The lowest BCUT2D eigenvalue weighted by Crippen LogP contribution is -2.29. The van der Waals surface area contributed by atoms with Crippen LogP contribution in [0.15, 0.2) is 70.9 Å². The van der Waals surface area contributed by atoms with Gasteiger partial charge in [-0.05, 0) is 61.0 Å². The summed E-state index contributed by atoms with van der Waals surface area (Å²) in [5, 5.41) is 11.2. The smallest absolute Gasteiger partial charge is 0.302 e. The van der Waals surface area contributed by atoms with Gasteiger partial charge in [-0.25, -0.2) is 9.37 Å². The van der Waals surface area contributed by atoms with Crippen LogP contribution in [0.2, 0.25) is 0 Å². The van der Waals surface area contributed by atoms with Crippen molar-refractivity contribution >= 4 is 44.1 Å². The maximum Gasteiger partial charge on any atom is 0.302 e. The second-order valence-corrected chi connectivity index (χ2v) is 8.17. The van der Waals surface area contributed by atoms with E-state index in [0.29, 0.717) is 16.4 Å². The summed E-state index contributed by atoms with van der Waals surface area (Å²) in [7, 11) is 0. The third-order valence-corrected chi connectivity index (χ3v) is 6.13. The van der Waals surface area contributed by atoms with Gasteiger partial charge in [0.25, 0.3) is 5.78 Å². The summed E-state index contributed by atoms with van der Waals surface area (Å²) < 4.78 is 19.7. The first-order chi connectivity index (χ1) is 14.9. The molecule has 8 heteroatoms. The van der Waals surface area contributed by atoms with E-state index in [0.717, 1.165) is 10.3 Å². The van der Waals surface area contributed by atoms with Crippen molar-refractivity contribution in [1.82, 2.24) is 4.98 Å². The Balaban J connectivity index is 1.71. The van der Waals surface area contributed by atoms with E-state index in [1.54, 1.807) is 12.1 Å². The Hall–Kier alpha value is -3.78. The molecule has 154 valence electrons. The number of carbonyl (C=O) groups is 2. The van der Waals surface area contributed by atoms with Crippen LogP contribution < -0.4 is 4.90 Å². The second-order valence-electron chi connectivity index (χ2n) is 7.16. The van der Waals surface area contributed by atoms with Crippen molar-refractivity contribution in [2.75, 3.05) is 4.90 Å². The van der Waals surface area contributed by atoms with Crippen molar-refractivity contribution in [3.05, 3.63) is 89.1 Å². The Kier molecular flexibility index (Phi) is 4.44. The minimum absolute atomic E-state index is 0.137. The van der Waals surface area contributed by atoms with Gasteiger partial charge in [-0.3, -0.25) is 14.5 Å². The zero-order valence-electron chi connectivity index (χ0n) is 16.2. The highest BCUT2D eigenvalue weighted by Gasteiger charge is 2.49. The number of aliphatic hydroxyl groups excluding tert-OH is 1. The third kappa shape index (κ3) is 3.12. The lowest BCUT2D eigenvalue weighted by Gasteiger charge is -2.20. The predicted octanol–water partition coefficient (Wildman–Crippen LogP) is 4.96. The number of hydrogen-bond donors (Lipinski definition) is 1. The molecule has 0 saturated carbocycles. The quantitative estimate of drug-likeness (QED) is 0.280. The summed E-state index contributed by atoms with van der Waals surface area (Å²) in [4.78, 5) is 31.8. The van der Waals surface area contributed by atoms with E-state index in [2.05, 4.69) is 4.98 Å². The van der Waals surface area contributed by atoms with Crippen LogP contribution in [0.4, 0.5) is 9.52 Å². The molecular weight excluding hydrogens is 419 g/mol.